The fraction of sp³-hybridized carbons (Fsp3) is 0.304. The van der Waals surface area contributed by atoms with E-state index in [4.69, 9.17) is 9.15 Å². The molecule has 1 amide bonds. The van der Waals surface area contributed by atoms with E-state index in [1.807, 2.05) is 42.5 Å². The van der Waals surface area contributed by atoms with Crippen molar-refractivity contribution in [3.63, 3.8) is 0 Å². The molecule has 5 heteroatoms. The van der Waals surface area contributed by atoms with Gasteiger partial charge >= 0.3 is 5.63 Å². The zero-order valence-electron chi connectivity index (χ0n) is 15.7. The lowest BCUT2D eigenvalue weighted by Crippen LogP contribution is -2.42. The highest BCUT2D eigenvalue weighted by Gasteiger charge is 2.26. The molecule has 1 aromatic heterocycles. The van der Waals surface area contributed by atoms with Crippen molar-refractivity contribution < 1.29 is 13.9 Å². The summed E-state index contributed by atoms with van der Waals surface area (Å²) in [4.78, 5) is 27.0. The summed E-state index contributed by atoms with van der Waals surface area (Å²) in [6.45, 7) is 2.42. The fourth-order valence-corrected chi connectivity index (χ4v) is 3.68. The van der Waals surface area contributed by atoms with E-state index in [2.05, 4.69) is 0 Å². The van der Waals surface area contributed by atoms with Crippen LogP contribution in [0.5, 0.6) is 0 Å². The molecule has 4 rings (SSSR count). The van der Waals surface area contributed by atoms with E-state index in [1.165, 1.54) is 0 Å². The predicted octanol–water partition coefficient (Wildman–Crippen LogP) is 3.86. The largest absolute Gasteiger partial charge is 0.422 e. The number of rotatable bonds is 5. The molecule has 1 atom stereocenters. The molecule has 0 spiro atoms. The molecule has 0 radical (unpaired) electrons. The molecule has 2 heterocycles. The van der Waals surface area contributed by atoms with E-state index >= 15 is 0 Å². The van der Waals surface area contributed by atoms with Crippen LogP contribution in [-0.2, 0) is 11.3 Å². The molecule has 0 saturated carbocycles. The Morgan fingerprint density at radius 3 is 2.75 bits per heavy atom. The summed E-state index contributed by atoms with van der Waals surface area (Å²) in [5, 5.41) is 0.755. The van der Waals surface area contributed by atoms with Gasteiger partial charge in [0.2, 0.25) is 0 Å². The van der Waals surface area contributed by atoms with E-state index in [9.17, 15) is 9.59 Å². The van der Waals surface area contributed by atoms with Gasteiger partial charge in [0.1, 0.15) is 11.1 Å². The van der Waals surface area contributed by atoms with Crippen molar-refractivity contribution in [2.45, 2.75) is 19.4 Å². The third-order valence-corrected chi connectivity index (χ3v) is 5.14. The van der Waals surface area contributed by atoms with Gasteiger partial charge in [-0.05, 0) is 36.5 Å². The summed E-state index contributed by atoms with van der Waals surface area (Å²) in [5.74, 6) is 0.0150. The van der Waals surface area contributed by atoms with Crippen molar-refractivity contribution in [3.8, 4) is 0 Å². The number of carbonyl (C=O) groups excluding carboxylic acids is 1. The molecule has 1 unspecified atom stereocenters. The van der Waals surface area contributed by atoms with Gasteiger partial charge in [0, 0.05) is 18.5 Å². The highest BCUT2D eigenvalue weighted by Crippen LogP contribution is 2.20. The molecule has 0 N–H and O–H groups in total. The molecule has 5 nitrogen and oxygen atoms in total. The number of hydrogen-bond donors (Lipinski definition) is 0. The van der Waals surface area contributed by atoms with Crippen LogP contribution in [0.25, 0.3) is 11.0 Å². The van der Waals surface area contributed by atoms with E-state index in [-0.39, 0.29) is 17.4 Å². The Balaban J connectivity index is 1.40. The minimum Gasteiger partial charge on any atom is -0.422 e. The zero-order chi connectivity index (χ0) is 19.3. The molecule has 144 valence electrons. The van der Waals surface area contributed by atoms with Crippen LogP contribution in [0.2, 0.25) is 0 Å². The molecule has 1 saturated heterocycles. The standard InChI is InChI=1S/C23H23NO4/c25-22(20-13-19-10-4-5-11-21(19)28-23(20)26)24-12-6-9-18(14-24)16-27-15-17-7-2-1-3-8-17/h1-5,7-8,10-11,13,18H,6,9,12,14-16H2. The van der Waals surface area contributed by atoms with Crippen LogP contribution in [-0.4, -0.2) is 30.5 Å². The first-order chi connectivity index (χ1) is 13.7. The maximum atomic E-state index is 12.9. The van der Waals surface area contributed by atoms with Crippen LogP contribution in [0.4, 0.5) is 0 Å². The topological polar surface area (TPSA) is 59.8 Å². The fourth-order valence-electron chi connectivity index (χ4n) is 3.68. The molecule has 1 aliphatic rings. The van der Waals surface area contributed by atoms with Gasteiger partial charge in [0.25, 0.3) is 5.91 Å². The number of fused-ring (bicyclic) bond motifs is 1. The number of carbonyl (C=O) groups is 1. The normalized spacial score (nSPS) is 17.0. The SMILES string of the molecule is O=C(c1cc2ccccc2oc1=O)N1CCCC(COCc2ccccc2)C1. The van der Waals surface area contributed by atoms with Crippen molar-refractivity contribution in [1.82, 2.24) is 4.90 Å². The first-order valence-corrected chi connectivity index (χ1v) is 9.64. The summed E-state index contributed by atoms with van der Waals surface area (Å²) < 4.78 is 11.2. The van der Waals surface area contributed by atoms with E-state index in [0.29, 0.717) is 31.9 Å². The summed E-state index contributed by atoms with van der Waals surface area (Å²) >= 11 is 0. The maximum Gasteiger partial charge on any atom is 0.349 e. The Labute approximate surface area is 163 Å². The summed E-state index contributed by atoms with van der Waals surface area (Å²) in [6.07, 6.45) is 1.93. The molecule has 2 aromatic carbocycles. The second kappa shape index (κ2) is 8.40. The second-order valence-corrected chi connectivity index (χ2v) is 7.25. The Hall–Kier alpha value is -2.92. The van der Waals surface area contributed by atoms with Gasteiger partial charge in [-0.25, -0.2) is 4.79 Å². The predicted molar refractivity (Wildman–Crippen MR) is 107 cm³/mol. The van der Waals surface area contributed by atoms with E-state index in [0.717, 1.165) is 23.8 Å². The van der Waals surface area contributed by atoms with Gasteiger partial charge in [0.05, 0.1) is 13.2 Å². The van der Waals surface area contributed by atoms with Crippen molar-refractivity contribution in [2.75, 3.05) is 19.7 Å². The van der Waals surface area contributed by atoms with Crippen LogP contribution in [0.15, 0.2) is 69.9 Å². The van der Waals surface area contributed by atoms with Gasteiger partial charge in [-0.2, -0.15) is 0 Å². The van der Waals surface area contributed by atoms with Gasteiger partial charge in [-0.1, -0.05) is 48.5 Å². The lowest BCUT2D eigenvalue weighted by atomic mass is 9.98. The zero-order valence-corrected chi connectivity index (χ0v) is 15.7. The lowest BCUT2D eigenvalue weighted by Gasteiger charge is -2.32. The first-order valence-electron chi connectivity index (χ1n) is 9.64. The van der Waals surface area contributed by atoms with E-state index in [1.54, 1.807) is 23.1 Å². The number of benzene rings is 2. The third-order valence-electron chi connectivity index (χ3n) is 5.14. The number of piperidine rings is 1. The number of para-hydroxylation sites is 1. The quantitative estimate of drug-likeness (QED) is 0.634. The number of ether oxygens (including phenoxy) is 1. The van der Waals surface area contributed by atoms with Crippen molar-refractivity contribution in [3.05, 3.63) is 82.2 Å². The van der Waals surface area contributed by atoms with Gasteiger partial charge in [0.15, 0.2) is 0 Å². The Kier molecular flexibility index (Phi) is 5.53. The third kappa shape index (κ3) is 4.15. The van der Waals surface area contributed by atoms with Crippen molar-refractivity contribution in [2.24, 2.45) is 5.92 Å². The van der Waals surface area contributed by atoms with Crippen LogP contribution in [0.3, 0.4) is 0 Å². The number of likely N-dealkylation sites (tertiary alicyclic amines) is 1. The van der Waals surface area contributed by atoms with Crippen LogP contribution in [0.1, 0.15) is 28.8 Å². The second-order valence-electron chi connectivity index (χ2n) is 7.25. The monoisotopic (exact) mass is 377 g/mol. The lowest BCUT2D eigenvalue weighted by molar-refractivity contribution is 0.0423. The summed E-state index contributed by atoms with van der Waals surface area (Å²) in [7, 11) is 0. The Bertz CT molecular complexity index is 1010. The number of nitrogens with zero attached hydrogens (tertiary/aromatic N) is 1. The number of amides is 1. The molecule has 3 aromatic rings. The Morgan fingerprint density at radius 2 is 1.89 bits per heavy atom. The smallest absolute Gasteiger partial charge is 0.349 e. The highest BCUT2D eigenvalue weighted by molar-refractivity contribution is 5.96. The first kappa shape index (κ1) is 18.4. The van der Waals surface area contributed by atoms with E-state index < -0.39 is 5.63 Å². The Morgan fingerprint density at radius 1 is 1.11 bits per heavy atom. The van der Waals surface area contributed by atoms with Gasteiger partial charge in [-0.3, -0.25) is 4.79 Å². The number of hydrogen-bond acceptors (Lipinski definition) is 4. The van der Waals surface area contributed by atoms with Gasteiger partial charge < -0.3 is 14.1 Å². The molecule has 0 bridgehead atoms. The average Bonchev–Trinajstić information content (AvgIpc) is 2.74. The molecule has 1 aliphatic heterocycles. The minimum absolute atomic E-state index is 0.101. The molecular formula is C23H23NO4. The van der Waals surface area contributed by atoms with Crippen LogP contribution < -0.4 is 5.63 Å². The summed E-state index contributed by atoms with van der Waals surface area (Å²) in [6, 6.07) is 18.9. The minimum atomic E-state index is -0.578. The van der Waals surface area contributed by atoms with Gasteiger partial charge in [-0.15, -0.1) is 0 Å². The van der Waals surface area contributed by atoms with Crippen LogP contribution in [0, 0.1) is 5.92 Å². The average molecular weight is 377 g/mol. The van der Waals surface area contributed by atoms with Crippen molar-refractivity contribution >= 4 is 16.9 Å². The maximum absolute atomic E-state index is 12.9. The highest BCUT2D eigenvalue weighted by atomic mass is 16.5. The summed E-state index contributed by atoms with van der Waals surface area (Å²) in [5.41, 5.74) is 1.16. The van der Waals surface area contributed by atoms with Crippen LogP contribution >= 0.6 is 0 Å². The molecule has 0 aliphatic carbocycles. The molecular weight excluding hydrogens is 354 g/mol. The molecule has 28 heavy (non-hydrogen) atoms. The molecule has 1 fully saturated rings. The van der Waals surface area contributed by atoms with Crippen molar-refractivity contribution in [1.29, 1.82) is 0 Å².